The molecule has 1 saturated heterocycles. The number of hydrogen-bond acceptors (Lipinski definition) is 3. The molecule has 1 amide bonds. The van der Waals surface area contributed by atoms with Gasteiger partial charge in [-0.1, -0.05) is 0 Å². The molecule has 2 atom stereocenters. The Morgan fingerprint density at radius 2 is 2.13 bits per heavy atom. The van der Waals surface area contributed by atoms with Gasteiger partial charge in [-0.05, 0) is 27.2 Å². The number of amides is 1. The smallest absolute Gasteiger partial charge is 0.239 e. The molecule has 1 fully saturated rings. The van der Waals surface area contributed by atoms with Crippen molar-refractivity contribution in [1.82, 2.24) is 9.80 Å². The summed E-state index contributed by atoms with van der Waals surface area (Å²) in [6, 6.07) is -0.0953. The number of hydrogen-bond donors (Lipinski definition) is 1. The van der Waals surface area contributed by atoms with Crippen LogP contribution in [-0.2, 0) is 4.79 Å². The van der Waals surface area contributed by atoms with Crippen LogP contribution in [0.25, 0.3) is 0 Å². The van der Waals surface area contributed by atoms with Gasteiger partial charge in [0, 0.05) is 26.2 Å². The van der Waals surface area contributed by atoms with E-state index in [1.54, 1.807) is 0 Å². The lowest BCUT2D eigenvalue weighted by molar-refractivity contribution is -0.135. The predicted octanol–water partition coefficient (Wildman–Crippen LogP) is 0.310. The molecule has 1 rings (SSSR count). The van der Waals surface area contributed by atoms with Crippen LogP contribution in [-0.4, -0.2) is 59.1 Å². The van der Waals surface area contributed by atoms with E-state index in [1.807, 2.05) is 25.7 Å². The van der Waals surface area contributed by atoms with E-state index in [1.165, 1.54) is 0 Å². The Balaban J connectivity index is 2.52. The Kier molecular flexibility index (Phi) is 4.54. The minimum Gasteiger partial charge on any atom is -0.392 e. The molecular weight excluding hydrogens is 192 g/mol. The molecule has 1 aliphatic rings. The molecule has 0 radical (unpaired) electrons. The van der Waals surface area contributed by atoms with E-state index >= 15 is 0 Å². The second kappa shape index (κ2) is 5.47. The highest BCUT2D eigenvalue weighted by Gasteiger charge is 2.30. The van der Waals surface area contributed by atoms with Crippen molar-refractivity contribution in [3.63, 3.8) is 0 Å². The maximum absolute atomic E-state index is 12.0. The van der Waals surface area contributed by atoms with Gasteiger partial charge in [-0.3, -0.25) is 9.69 Å². The van der Waals surface area contributed by atoms with Crippen LogP contribution in [0, 0.1) is 0 Å². The molecule has 4 nitrogen and oxygen atoms in total. The molecule has 0 spiro atoms. The monoisotopic (exact) mass is 214 g/mol. The first-order valence-corrected chi connectivity index (χ1v) is 5.81. The number of nitrogens with zero attached hydrogens (tertiary/aromatic N) is 2. The zero-order chi connectivity index (χ0) is 11.4. The molecular formula is C11H22N2O2. The summed E-state index contributed by atoms with van der Waals surface area (Å²) in [5, 5.41) is 9.42. The van der Waals surface area contributed by atoms with Gasteiger partial charge >= 0.3 is 0 Å². The summed E-state index contributed by atoms with van der Waals surface area (Å²) in [7, 11) is 0. The third-order valence-electron chi connectivity index (χ3n) is 3.18. The zero-order valence-electron chi connectivity index (χ0n) is 9.94. The molecule has 0 bridgehead atoms. The fraction of sp³-hybridized carbons (Fsp3) is 0.909. The molecule has 1 heterocycles. The molecule has 0 saturated carbocycles. The number of likely N-dealkylation sites (tertiary alicyclic amines) is 1. The van der Waals surface area contributed by atoms with E-state index < -0.39 is 0 Å². The number of rotatable bonds is 4. The van der Waals surface area contributed by atoms with Crippen LogP contribution in [0.4, 0.5) is 0 Å². The van der Waals surface area contributed by atoms with Crippen LogP contribution in [0.5, 0.6) is 0 Å². The lowest BCUT2D eigenvalue weighted by Gasteiger charge is -2.28. The van der Waals surface area contributed by atoms with E-state index in [0.29, 0.717) is 6.54 Å². The van der Waals surface area contributed by atoms with Gasteiger partial charge in [0.05, 0.1) is 12.1 Å². The van der Waals surface area contributed by atoms with Crippen LogP contribution in [0.15, 0.2) is 0 Å². The molecule has 1 unspecified atom stereocenters. The van der Waals surface area contributed by atoms with Gasteiger partial charge in [0.1, 0.15) is 0 Å². The molecule has 4 heteroatoms. The first-order valence-electron chi connectivity index (χ1n) is 5.81. The summed E-state index contributed by atoms with van der Waals surface area (Å²) in [6.45, 7) is 8.90. The summed E-state index contributed by atoms with van der Waals surface area (Å²) in [5.74, 6) is 0.175. The molecule has 0 aromatic carbocycles. The quantitative estimate of drug-likeness (QED) is 0.732. The number of β-amino-alcohol motifs (C(OH)–C–C–N with tert-alkyl or cyclic N) is 1. The zero-order valence-corrected chi connectivity index (χ0v) is 9.94. The second-order valence-corrected chi connectivity index (χ2v) is 4.12. The van der Waals surface area contributed by atoms with Crippen molar-refractivity contribution in [3.8, 4) is 0 Å². The Morgan fingerprint density at radius 3 is 2.53 bits per heavy atom. The van der Waals surface area contributed by atoms with Gasteiger partial charge in [0.25, 0.3) is 0 Å². The van der Waals surface area contributed by atoms with E-state index in [4.69, 9.17) is 0 Å². The van der Waals surface area contributed by atoms with Crippen molar-refractivity contribution in [3.05, 3.63) is 0 Å². The third-order valence-corrected chi connectivity index (χ3v) is 3.18. The number of likely N-dealkylation sites (N-methyl/N-ethyl adjacent to an activating group) is 1. The van der Waals surface area contributed by atoms with Crippen molar-refractivity contribution < 1.29 is 9.90 Å². The van der Waals surface area contributed by atoms with E-state index in [-0.39, 0.29) is 18.1 Å². The van der Waals surface area contributed by atoms with Crippen LogP contribution < -0.4 is 0 Å². The average molecular weight is 214 g/mol. The minimum absolute atomic E-state index is 0.0953. The van der Waals surface area contributed by atoms with Crippen LogP contribution in [0.3, 0.4) is 0 Å². The summed E-state index contributed by atoms with van der Waals surface area (Å²) in [4.78, 5) is 15.9. The summed E-state index contributed by atoms with van der Waals surface area (Å²) >= 11 is 0. The fourth-order valence-electron chi connectivity index (χ4n) is 2.08. The normalized spacial score (nSPS) is 24.1. The average Bonchev–Trinajstić information content (AvgIpc) is 2.65. The van der Waals surface area contributed by atoms with Crippen LogP contribution in [0.2, 0.25) is 0 Å². The maximum Gasteiger partial charge on any atom is 0.239 e. The van der Waals surface area contributed by atoms with Gasteiger partial charge in [0.2, 0.25) is 5.91 Å². The molecule has 1 N–H and O–H groups in total. The molecule has 88 valence electrons. The van der Waals surface area contributed by atoms with Crippen molar-refractivity contribution >= 4 is 5.91 Å². The largest absolute Gasteiger partial charge is 0.392 e. The van der Waals surface area contributed by atoms with Crippen molar-refractivity contribution in [2.24, 2.45) is 0 Å². The fourth-order valence-corrected chi connectivity index (χ4v) is 2.08. The Bertz CT molecular complexity index is 217. The molecule has 0 aromatic rings. The topological polar surface area (TPSA) is 43.8 Å². The van der Waals surface area contributed by atoms with Crippen molar-refractivity contribution in [1.29, 1.82) is 0 Å². The Hall–Kier alpha value is -0.610. The summed E-state index contributed by atoms with van der Waals surface area (Å²) in [5.41, 5.74) is 0. The maximum atomic E-state index is 12.0. The number of carbonyl (C=O) groups excluding carboxylic acids is 1. The standard InChI is InChI=1S/C11H22N2O2/c1-4-12(5-2)11(15)9(3)13-7-6-10(14)8-13/h9-10,14H,4-8H2,1-3H3/t9?,10-/m1/s1. The lowest BCUT2D eigenvalue weighted by atomic mass is 10.2. The molecule has 15 heavy (non-hydrogen) atoms. The summed E-state index contributed by atoms with van der Waals surface area (Å²) in [6.07, 6.45) is 0.535. The SMILES string of the molecule is CCN(CC)C(=O)C(C)N1CC[C@@H](O)C1. The lowest BCUT2D eigenvalue weighted by Crippen LogP contribution is -2.46. The molecule has 0 aliphatic carbocycles. The van der Waals surface area contributed by atoms with E-state index in [9.17, 15) is 9.90 Å². The second-order valence-electron chi connectivity index (χ2n) is 4.12. The highest BCUT2D eigenvalue weighted by Crippen LogP contribution is 2.14. The minimum atomic E-state index is -0.253. The van der Waals surface area contributed by atoms with Crippen molar-refractivity contribution in [2.75, 3.05) is 26.2 Å². The predicted molar refractivity (Wildman–Crippen MR) is 59.6 cm³/mol. The third kappa shape index (κ3) is 2.92. The molecule has 1 aliphatic heterocycles. The Labute approximate surface area is 91.9 Å². The van der Waals surface area contributed by atoms with E-state index in [0.717, 1.165) is 26.1 Å². The van der Waals surface area contributed by atoms with Gasteiger partial charge in [-0.2, -0.15) is 0 Å². The number of aliphatic hydroxyl groups is 1. The first kappa shape index (κ1) is 12.5. The number of carbonyl (C=O) groups is 1. The molecule has 0 aromatic heterocycles. The van der Waals surface area contributed by atoms with Crippen LogP contribution in [0.1, 0.15) is 27.2 Å². The van der Waals surface area contributed by atoms with Gasteiger partial charge in [-0.25, -0.2) is 0 Å². The van der Waals surface area contributed by atoms with Gasteiger partial charge in [-0.15, -0.1) is 0 Å². The highest BCUT2D eigenvalue weighted by atomic mass is 16.3. The number of aliphatic hydroxyl groups excluding tert-OH is 1. The van der Waals surface area contributed by atoms with Gasteiger partial charge < -0.3 is 10.0 Å². The highest BCUT2D eigenvalue weighted by molar-refractivity contribution is 5.81. The van der Waals surface area contributed by atoms with Gasteiger partial charge in [0.15, 0.2) is 0 Å². The van der Waals surface area contributed by atoms with Crippen LogP contribution >= 0.6 is 0 Å². The Morgan fingerprint density at radius 1 is 1.53 bits per heavy atom. The summed E-state index contributed by atoms with van der Waals surface area (Å²) < 4.78 is 0. The van der Waals surface area contributed by atoms with E-state index in [2.05, 4.69) is 4.90 Å². The first-order chi connectivity index (χ1) is 7.10. The van der Waals surface area contributed by atoms with Crippen molar-refractivity contribution in [2.45, 2.75) is 39.3 Å².